The van der Waals surface area contributed by atoms with Crippen molar-refractivity contribution in [2.75, 3.05) is 26.7 Å². The average Bonchev–Trinajstić information content (AvgIpc) is 3.07. The number of amides is 2. The molecule has 0 unspecified atom stereocenters. The highest BCUT2D eigenvalue weighted by atomic mass is 16.5. The summed E-state index contributed by atoms with van der Waals surface area (Å²) in [5, 5.41) is 14.8. The van der Waals surface area contributed by atoms with Gasteiger partial charge in [0.1, 0.15) is 17.4 Å². The molecular weight excluding hydrogens is 332 g/mol. The number of ether oxygens (including phenoxy) is 1. The highest BCUT2D eigenvalue weighted by molar-refractivity contribution is 5.97. The predicted octanol–water partition coefficient (Wildman–Crippen LogP) is 1.32. The summed E-state index contributed by atoms with van der Waals surface area (Å²) < 4.78 is 5.10. The lowest BCUT2D eigenvalue weighted by molar-refractivity contribution is -0.127. The van der Waals surface area contributed by atoms with E-state index in [1.165, 1.54) is 6.20 Å². The summed E-state index contributed by atoms with van der Waals surface area (Å²) in [5.74, 6) is 0.538. The molecule has 1 fully saturated rings. The van der Waals surface area contributed by atoms with Crippen molar-refractivity contribution < 1.29 is 14.3 Å². The van der Waals surface area contributed by atoms with Crippen LogP contribution in [0.25, 0.3) is 0 Å². The fourth-order valence-corrected chi connectivity index (χ4v) is 2.67. The summed E-state index contributed by atoms with van der Waals surface area (Å²) >= 11 is 0. The van der Waals surface area contributed by atoms with Crippen molar-refractivity contribution in [2.24, 2.45) is 0 Å². The van der Waals surface area contributed by atoms with Gasteiger partial charge >= 0.3 is 0 Å². The number of carbonyl (C=O) groups excluding carboxylic acids is 2. The van der Waals surface area contributed by atoms with Crippen LogP contribution in [0.5, 0.6) is 5.75 Å². The molecule has 7 heteroatoms. The smallest absolute Gasteiger partial charge is 0.263 e. The van der Waals surface area contributed by atoms with Gasteiger partial charge in [0.05, 0.1) is 7.11 Å². The lowest BCUT2D eigenvalue weighted by Gasteiger charge is -2.15. The van der Waals surface area contributed by atoms with Crippen LogP contribution in [0, 0.1) is 11.3 Å². The van der Waals surface area contributed by atoms with Gasteiger partial charge in [0.2, 0.25) is 5.91 Å². The molecule has 1 aliphatic rings. The van der Waals surface area contributed by atoms with Crippen molar-refractivity contribution >= 4 is 11.8 Å². The zero-order valence-corrected chi connectivity index (χ0v) is 15.0. The molecule has 2 rings (SSSR count). The molecule has 2 N–H and O–H groups in total. The molecule has 0 saturated carbocycles. The van der Waals surface area contributed by atoms with Crippen LogP contribution >= 0.6 is 0 Å². The van der Waals surface area contributed by atoms with Crippen molar-refractivity contribution in [1.82, 2.24) is 15.5 Å². The molecular formula is C19H24N4O3. The molecule has 0 aromatic heterocycles. The quantitative estimate of drug-likeness (QED) is 0.395. The summed E-state index contributed by atoms with van der Waals surface area (Å²) in [4.78, 5) is 25.3. The minimum absolute atomic E-state index is 0.0239. The highest BCUT2D eigenvalue weighted by Gasteiger charge is 2.19. The van der Waals surface area contributed by atoms with Gasteiger partial charge in [-0.2, -0.15) is 5.26 Å². The third-order valence-corrected chi connectivity index (χ3v) is 4.14. The number of nitrogens with zero attached hydrogens (tertiary/aromatic N) is 2. The van der Waals surface area contributed by atoms with Gasteiger partial charge < -0.3 is 20.3 Å². The molecule has 1 aliphatic heterocycles. The molecule has 0 spiro atoms. The van der Waals surface area contributed by atoms with Gasteiger partial charge in [-0.1, -0.05) is 12.1 Å². The Bertz CT molecular complexity index is 692. The minimum atomic E-state index is -0.414. The number of benzene rings is 1. The first-order valence-corrected chi connectivity index (χ1v) is 8.66. The molecule has 1 aromatic carbocycles. The van der Waals surface area contributed by atoms with Gasteiger partial charge in [-0.15, -0.1) is 0 Å². The van der Waals surface area contributed by atoms with Gasteiger partial charge in [0.15, 0.2) is 0 Å². The van der Waals surface area contributed by atoms with Crippen molar-refractivity contribution in [3.63, 3.8) is 0 Å². The van der Waals surface area contributed by atoms with Crippen LogP contribution in [0.15, 0.2) is 36.0 Å². The summed E-state index contributed by atoms with van der Waals surface area (Å²) in [6, 6.07) is 9.42. The topological polar surface area (TPSA) is 94.5 Å². The van der Waals surface area contributed by atoms with E-state index in [0.29, 0.717) is 32.5 Å². The number of likely N-dealkylation sites (tertiary alicyclic amines) is 1. The summed E-state index contributed by atoms with van der Waals surface area (Å²) in [6.07, 6.45) is 3.62. The van der Waals surface area contributed by atoms with Crippen LogP contribution in [0.3, 0.4) is 0 Å². The monoisotopic (exact) mass is 356 g/mol. The number of rotatable bonds is 9. The molecule has 1 saturated heterocycles. The zero-order chi connectivity index (χ0) is 18.8. The molecule has 26 heavy (non-hydrogen) atoms. The molecule has 0 aliphatic carbocycles. The summed E-state index contributed by atoms with van der Waals surface area (Å²) in [6.45, 7) is 2.37. The molecule has 0 bridgehead atoms. The summed E-state index contributed by atoms with van der Waals surface area (Å²) in [7, 11) is 1.61. The van der Waals surface area contributed by atoms with Crippen molar-refractivity contribution in [2.45, 2.75) is 25.8 Å². The Kier molecular flexibility index (Phi) is 7.49. The van der Waals surface area contributed by atoms with E-state index in [1.807, 2.05) is 35.2 Å². The largest absolute Gasteiger partial charge is 0.497 e. The van der Waals surface area contributed by atoms with Gasteiger partial charge in [0, 0.05) is 38.8 Å². The SMILES string of the molecule is COc1ccc(CN/C=C(/C#N)C(=O)NCCCN2CCCC2=O)cc1. The molecule has 7 nitrogen and oxygen atoms in total. The first-order chi connectivity index (χ1) is 12.6. The zero-order valence-electron chi connectivity index (χ0n) is 15.0. The third-order valence-electron chi connectivity index (χ3n) is 4.14. The lowest BCUT2D eigenvalue weighted by Crippen LogP contribution is -2.31. The van der Waals surface area contributed by atoms with Gasteiger partial charge in [-0.3, -0.25) is 9.59 Å². The first-order valence-electron chi connectivity index (χ1n) is 8.66. The molecule has 0 radical (unpaired) electrons. The number of nitriles is 1. The summed E-state index contributed by atoms with van der Waals surface area (Å²) in [5.41, 5.74) is 1.03. The minimum Gasteiger partial charge on any atom is -0.497 e. The second kappa shape index (κ2) is 10.1. The fourth-order valence-electron chi connectivity index (χ4n) is 2.67. The van der Waals surface area contributed by atoms with Crippen molar-refractivity contribution in [3.05, 3.63) is 41.6 Å². The van der Waals surface area contributed by atoms with E-state index >= 15 is 0 Å². The van der Waals surface area contributed by atoms with E-state index in [4.69, 9.17) is 10.00 Å². The fraction of sp³-hybridized carbons (Fsp3) is 0.421. The number of methoxy groups -OCH3 is 1. The maximum atomic E-state index is 12.0. The second-order valence-corrected chi connectivity index (χ2v) is 5.99. The Hall–Kier alpha value is -3.01. The number of carbonyl (C=O) groups is 2. The maximum Gasteiger partial charge on any atom is 0.263 e. The van der Waals surface area contributed by atoms with Crippen LogP contribution in [0.2, 0.25) is 0 Å². The molecule has 2 amide bonds. The van der Waals surface area contributed by atoms with Crippen molar-refractivity contribution in [3.8, 4) is 11.8 Å². The van der Waals surface area contributed by atoms with Crippen molar-refractivity contribution in [1.29, 1.82) is 5.26 Å². The predicted molar refractivity (Wildman–Crippen MR) is 97.0 cm³/mol. The van der Waals surface area contributed by atoms with E-state index < -0.39 is 5.91 Å². The first kappa shape index (κ1) is 19.3. The number of nitrogens with one attached hydrogen (secondary N) is 2. The normalized spacial score (nSPS) is 14.1. The number of hydrogen-bond acceptors (Lipinski definition) is 5. The Morgan fingerprint density at radius 3 is 2.77 bits per heavy atom. The molecule has 1 heterocycles. The van der Waals surface area contributed by atoms with Gasteiger partial charge in [0.25, 0.3) is 5.91 Å². The third kappa shape index (κ3) is 5.81. The van der Waals surface area contributed by atoms with Crippen LogP contribution in [-0.2, 0) is 16.1 Å². The van der Waals surface area contributed by atoms with Crippen LogP contribution in [-0.4, -0.2) is 43.5 Å². The average molecular weight is 356 g/mol. The Morgan fingerprint density at radius 2 is 2.15 bits per heavy atom. The van der Waals surface area contributed by atoms with Crippen LogP contribution in [0.4, 0.5) is 0 Å². The van der Waals surface area contributed by atoms with E-state index in [1.54, 1.807) is 7.11 Å². The van der Waals surface area contributed by atoms with Gasteiger partial charge in [-0.25, -0.2) is 0 Å². The molecule has 1 aromatic rings. The molecule has 138 valence electrons. The van der Waals surface area contributed by atoms with Crippen LogP contribution < -0.4 is 15.4 Å². The standard InChI is InChI=1S/C19H24N4O3/c1-26-17-7-5-15(6-8-17)13-21-14-16(12-20)19(25)22-9-3-11-23-10-2-4-18(23)24/h5-8,14,21H,2-4,9-11,13H2,1H3,(H,22,25)/b16-14-. The van der Waals surface area contributed by atoms with E-state index in [0.717, 1.165) is 24.3 Å². The lowest BCUT2D eigenvalue weighted by atomic mass is 10.2. The van der Waals surface area contributed by atoms with Gasteiger partial charge in [-0.05, 0) is 30.5 Å². The van der Waals surface area contributed by atoms with Crippen LogP contribution in [0.1, 0.15) is 24.8 Å². The van der Waals surface area contributed by atoms with E-state index in [-0.39, 0.29) is 11.5 Å². The molecule has 0 atom stereocenters. The highest BCUT2D eigenvalue weighted by Crippen LogP contribution is 2.11. The number of hydrogen-bond donors (Lipinski definition) is 2. The second-order valence-electron chi connectivity index (χ2n) is 5.99. The Labute approximate surface area is 153 Å². The Morgan fingerprint density at radius 1 is 1.38 bits per heavy atom. The maximum absolute atomic E-state index is 12.0. The van der Waals surface area contributed by atoms with E-state index in [9.17, 15) is 9.59 Å². The Balaban J connectivity index is 1.71. The van der Waals surface area contributed by atoms with E-state index in [2.05, 4.69) is 10.6 Å².